The number of nitrogens with zero attached hydrogens (tertiary/aromatic N) is 2. The van der Waals surface area contributed by atoms with Crippen LogP contribution in [0.2, 0.25) is 0 Å². The molecule has 1 aliphatic carbocycles. The van der Waals surface area contributed by atoms with E-state index >= 15 is 0 Å². The Kier molecular flexibility index (Phi) is 7.70. The van der Waals surface area contributed by atoms with Crippen LogP contribution in [0, 0.1) is 0 Å². The fraction of sp³-hybridized carbons (Fsp3) is 0.938. The summed E-state index contributed by atoms with van der Waals surface area (Å²) < 4.78 is 5.99. The van der Waals surface area contributed by atoms with E-state index in [9.17, 15) is 0 Å². The maximum absolute atomic E-state index is 5.99. The molecule has 0 aromatic rings. The van der Waals surface area contributed by atoms with E-state index in [1.54, 1.807) is 0 Å². The molecule has 0 aromatic heterocycles. The van der Waals surface area contributed by atoms with Gasteiger partial charge >= 0.3 is 0 Å². The van der Waals surface area contributed by atoms with Crippen LogP contribution in [0.25, 0.3) is 0 Å². The van der Waals surface area contributed by atoms with Crippen LogP contribution in [0.5, 0.6) is 0 Å². The predicted octanol–water partition coefficient (Wildman–Crippen LogP) is 1.97. The molecule has 2 aliphatic heterocycles. The number of nitrogens with one attached hydrogen (secondary N) is 2. The van der Waals surface area contributed by atoms with Gasteiger partial charge in [-0.1, -0.05) is 12.8 Å². The van der Waals surface area contributed by atoms with Gasteiger partial charge in [0.05, 0.1) is 19.3 Å². The third kappa shape index (κ3) is 4.96. The van der Waals surface area contributed by atoms with Crippen molar-refractivity contribution in [3.05, 3.63) is 0 Å². The summed E-state index contributed by atoms with van der Waals surface area (Å²) in [7, 11) is 0. The fourth-order valence-corrected chi connectivity index (χ4v) is 3.77. The van der Waals surface area contributed by atoms with Crippen molar-refractivity contribution in [2.45, 2.75) is 63.6 Å². The number of hydrogen-bond acceptors (Lipinski definition) is 3. The minimum Gasteiger partial charge on any atom is -0.373 e. The van der Waals surface area contributed by atoms with Crippen LogP contribution in [0.4, 0.5) is 0 Å². The van der Waals surface area contributed by atoms with Crippen LogP contribution in [0.15, 0.2) is 4.99 Å². The molecule has 6 heteroatoms. The molecule has 2 unspecified atom stereocenters. The molecule has 128 valence electrons. The van der Waals surface area contributed by atoms with Crippen molar-refractivity contribution in [2.24, 2.45) is 4.99 Å². The standard InChI is InChI=1S/C16H30N4O.HI/c1-2-17-16(19-13-6-3-4-7-13)18-10-15-11-20-9-5-8-14(20)12-21-15;/h13-15H,2-12H2,1H3,(H2,17,18,19);1H. The van der Waals surface area contributed by atoms with Crippen molar-refractivity contribution in [1.29, 1.82) is 0 Å². The van der Waals surface area contributed by atoms with Crippen LogP contribution in [-0.2, 0) is 4.74 Å². The summed E-state index contributed by atoms with van der Waals surface area (Å²) in [5.41, 5.74) is 0. The van der Waals surface area contributed by atoms with Gasteiger partial charge < -0.3 is 15.4 Å². The fourth-order valence-electron chi connectivity index (χ4n) is 3.77. The third-order valence-electron chi connectivity index (χ3n) is 4.95. The first kappa shape index (κ1) is 18.3. The Hall–Kier alpha value is -0.0800. The maximum atomic E-state index is 5.99. The Labute approximate surface area is 151 Å². The number of hydrogen-bond donors (Lipinski definition) is 2. The summed E-state index contributed by atoms with van der Waals surface area (Å²) in [5, 5.41) is 6.94. The molecule has 2 saturated heterocycles. The van der Waals surface area contributed by atoms with Gasteiger partial charge in [-0.25, -0.2) is 0 Å². The van der Waals surface area contributed by atoms with E-state index in [1.165, 1.54) is 45.1 Å². The molecule has 2 heterocycles. The third-order valence-corrected chi connectivity index (χ3v) is 4.95. The second-order valence-electron chi connectivity index (χ2n) is 6.59. The van der Waals surface area contributed by atoms with E-state index in [0.29, 0.717) is 12.1 Å². The van der Waals surface area contributed by atoms with Gasteiger partial charge in [0.2, 0.25) is 0 Å². The zero-order chi connectivity index (χ0) is 14.5. The molecule has 0 spiro atoms. The first-order chi connectivity index (χ1) is 10.3. The lowest BCUT2D eigenvalue weighted by Gasteiger charge is -2.34. The van der Waals surface area contributed by atoms with E-state index in [1.807, 2.05) is 0 Å². The van der Waals surface area contributed by atoms with Gasteiger partial charge in [0.15, 0.2) is 5.96 Å². The molecule has 2 atom stereocenters. The smallest absolute Gasteiger partial charge is 0.191 e. The van der Waals surface area contributed by atoms with Crippen LogP contribution in [0.1, 0.15) is 45.4 Å². The lowest BCUT2D eigenvalue weighted by Crippen LogP contribution is -2.48. The summed E-state index contributed by atoms with van der Waals surface area (Å²) in [6.45, 7) is 7.00. The highest BCUT2D eigenvalue weighted by Crippen LogP contribution is 2.22. The van der Waals surface area contributed by atoms with Crippen molar-refractivity contribution in [2.75, 3.05) is 32.8 Å². The summed E-state index contributed by atoms with van der Waals surface area (Å²) in [6, 6.07) is 1.29. The van der Waals surface area contributed by atoms with Crippen molar-refractivity contribution in [3.8, 4) is 0 Å². The average molecular weight is 422 g/mol. The van der Waals surface area contributed by atoms with Crippen molar-refractivity contribution in [1.82, 2.24) is 15.5 Å². The molecule has 0 amide bonds. The number of fused-ring (bicyclic) bond motifs is 1. The van der Waals surface area contributed by atoms with E-state index < -0.39 is 0 Å². The van der Waals surface area contributed by atoms with Gasteiger partial charge in [-0.15, -0.1) is 24.0 Å². The molecular formula is C16H31IN4O. The van der Waals surface area contributed by atoms with Gasteiger partial charge in [0.25, 0.3) is 0 Å². The average Bonchev–Trinajstić information content (AvgIpc) is 3.15. The molecule has 0 bridgehead atoms. The van der Waals surface area contributed by atoms with Gasteiger partial charge in [-0.2, -0.15) is 0 Å². The number of guanidine groups is 1. The zero-order valence-electron chi connectivity index (χ0n) is 13.7. The van der Waals surface area contributed by atoms with Crippen LogP contribution < -0.4 is 10.6 Å². The highest BCUT2D eigenvalue weighted by Gasteiger charge is 2.32. The normalized spacial score (nSPS) is 30.0. The van der Waals surface area contributed by atoms with E-state index in [0.717, 1.165) is 32.2 Å². The molecule has 3 fully saturated rings. The summed E-state index contributed by atoms with van der Waals surface area (Å²) in [4.78, 5) is 7.34. The lowest BCUT2D eigenvalue weighted by atomic mass is 10.2. The van der Waals surface area contributed by atoms with Crippen LogP contribution >= 0.6 is 24.0 Å². The topological polar surface area (TPSA) is 48.9 Å². The first-order valence-corrected chi connectivity index (χ1v) is 8.75. The van der Waals surface area contributed by atoms with Gasteiger partial charge in [0.1, 0.15) is 0 Å². The largest absolute Gasteiger partial charge is 0.373 e. The Morgan fingerprint density at radius 3 is 2.82 bits per heavy atom. The number of aliphatic imine (C=N–C) groups is 1. The van der Waals surface area contributed by atoms with Crippen LogP contribution in [-0.4, -0.2) is 61.8 Å². The highest BCUT2D eigenvalue weighted by molar-refractivity contribution is 14.0. The minimum atomic E-state index is 0. The van der Waals surface area contributed by atoms with E-state index in [-0.39, 0.29) is 30.1 Å². The quantitative estimate of drug-likeness (QED) is 0.413. The Morgan fingerprint density at radius 2 is 2.05 bits per heavy atom. The number of halogens is 1. The summed E-state index contributed by atoms with van der Waals surface area (Å²) >= 11 is 0. The lowest BCUT2D eigenvalue weighted by molar-refractivity contribution is -0.0432. The van der Waals surface area contributed by atoms with Crippen LogP contribution in [0.3, 0.4) is 0 Å². The number of ether oxygens (including phenoxy) is 1. The summed E-state index contributed by atoms with van der Waals surface area (Å²) in [6.07, 6.45) is 8.15. The maximum Gasteiger partial charge on any atom is 0.191 e. The predicted molar refractivity (Wildman–Crippen MR) is 101 cm³/mol. The molecule has 5 nitrogen and oxygen atoms in total. The first-order valence-electron chi connectivity index (χ1n) is 8.75. The van der Waals surface area contributed by atoms with Gasteiger partial charge in [-0.05, 0) is 39.2 Å². The minimum absolute atomic E-state index is 0. The van der Waals surface area contributed by atoms with Crippen molar-refractivity contribution >= 4 is 29.9 Å². The monoisotopic (exact) mass is 422 g/mol. The van der Waals surface area contributed by atoms with Crippen molar-refractivity contribution < 1.29 is 4.74 Å². The molecular weight excluding hydrogens is 391 g/mol. The van der Waals surface area contributed by atoms with Gasteiger partial charge in [-0.3, -0.25) is 9.89 Å². The second kappa shape index (κ2) is 9.27. The van der Waals surface area contributed by atoms with E-state index in [2.05, 4.69) is 22.5 Å². The highest BCUT2D eigenvalue weighted by atomic mass is 127. The Bertz CT molecular complexity index is 360. The summed E-state index contributed by atoms with van der Waals surface area (Å²) in [5.74, 6) is 0.969. The Morgan fingerprint density at radius 1 is 1.23 bits per heavy atom. The van der Waals surface area contributed by atoms with E-state index in [4.69, 9.17) is 9.73 Å². The molecule has 3 aliphatic rings. The second-order valence-corrected chi connectivity index (χ2v) is 6.59. The molecule has 0 radical (unpaired) electrons. The SMILES string of the molecule is CCNC(=NCC1CN2CCCC2CO1)NC1CCCC1.I. The molecule has 22 heavy (non-hydrogen) atoms. The van der Waals surface area contributed by atoms with Crippen molar-refractivity contribution in [3.63, 3.8) is 0 Å². The number of morpholine rings is 1. The molecule has 2 N–H and O–H groups in total. The zero-order valence-corrected chi connectivity index (χ0v) is 16.1. The Balaban J connectivity index is 0.00000176. The molecule has 1 saturated carbocycles. The van der Waals surface area contributed by atoms with Gasteiger partial charge in [0, 0.05) is 25.2 Å². The molecule has 3 rings (SSSR count). The molecule has 0 aromatic carbocycles. The number of rotatable bonds is 4.